The van der Waals surface area contributed by atoms with Gasteiger partial charge in [0.1, 0.15) is 5.69 Å². The minimum Gasteiger partial charge on any atom is -0.285 e. The summed E-state index contributed by atoms with van der Waals surface area (Å²) in [5.41, 5.74) is -1.06. The quantitative estimate of drug-likeness (QED) is 0.631. The van der Waals surface area contributed by atoms with Crippen molar-refractivity contribution in [1.82, 2.24) is 4.98 Å². The summed E-state index contributed by atoms with van der Waals surface area (Å²) >= 11 is 0. The number of ketones is 1. The van der Waals surface area contributed by atoms with Crippen LogP contribution in [0.4, 0.5) is 13.2 Å². The van der Waals surface area contributed by atoms with Crippen LogP contribution < -0.4 is 4.57 Å². The summed E-state index contributed by atoms with van der Waals surface area (Å²) in [6.45, 7) is -0.0465. The van der Waals surface area contributed by atoms with Crippen LogP contribution >= 0.6 is 0 Å². The maximum Gasteiger partial charge on any atom is 0.416 e. The fourth-order valence-corrected chi connectivity index (χ4v) is 1.55. The van der Waals surface area contributed by atoms with Crippen LogP contribution in [0, 0.1) is 0 Å². The average Bonchev–Trinajstić information content (AvgIpc) is 2.39. The van der Waals surface area contributed by atoms with Gasteiger partial charge in [-0.05, 0) is 12.1 Å². The topological polar surface area (TPSA) is 33.8 Å². The molecule has 0 aliphatic rings. The highest BCUT2D eigenvalue weighted by Gasteiger charge is 2.31. The van der Waals surface area contributed by atoms with Gasteiger partial charge in [0.25, 0.3) is 0 Å². The second-order valence-electron chi connectivity index (χ2n) is 3.90. The van der Waals surface area contributed by atoms with Crippen molar-refractivity contribution >= 4 is 5.78 Å². The highest BCUT2D eigenvalue weighted by atomic mass is 19.4. The molecule has 0 unspecified atom stereocenters. The van der Waals surface area contributed by atoms with E-state index in [1.807, 2.05) is 0 Å². The van der Waals surface area contributed by atoms with E-state index >= 15 is 0 Å². The first-order chi connectivity index (χ1) is 8.97. The van der Waals surface area contributed by atoms with Gasteiger partial charge in [-0.1, -0.05) is 6.07 Å². The van der Waals surface area contributed by atoms with Crippen LogP contribution in [-0.4, -0.2) is 10.8 Å². The van der Waals surface area contributed by atoms with E-state index in [1.54, 1.807) is 35.2 Å². The van der Waals surface area contributed by atoms with Gasteiger partial charge in [0.15, 0.2) is 12.4 Å². The van der Waals surface area contributed by atoms with Crippen molar-refractivity contribution in [3.8, 4) is 0 Å². The number of carbonyl (C=O) groups is 1. The molecule has 0 saturated carbocycles. The zero-order valence-electron chi connectivity index (χ0n) is 9.76. The van der Waals surface area contributed by atoms with Gasteiger partial charge < -0.3 is 0 Å². The van der Waals surface area contributed by atoms with E-state index in [1.165, 1.54) is 0 Å². The fraction of sp³-hybridized carbons (Fsp3) is 0.154. The van der Waals surface area contributed by atoms with Gasteiger partial charge in [0.05, 0.1) is 5.56 Å². The average molecular weight is 267 g/mol. The Morgan fingerprint density at radius 3 is 2.53 bits per heavy atom. The van der Waals surface area contributed by atoms with Crippen LogP contribution in [0.5, 0.6) is 0 Å². The van der Waals surface area contributed by atoms with Crippen molar-refractivity contribution in [2.45, 2.75) is 12.7 Å². The molecule has 0 saturated heterocycles. The number of pyridine rings is 2. The fourth-order valence-electron chi connectivity index (χ4n) is 1.55. The number of nitrogens with zero attached hydrogens (tertiary/aromatic N) is 2. The van der Waals surface area contributed by atoms with Crippen LogP contribution in [0.15, 0.2) is 48.9 Å². The SMILES string of the molecule is O=C(C[n+]1ccccc1)c1cc(C(F)(F)F)ccn1. The molecule has 2 rings (SSSR count). The van der Waals surface area contributed by atoms with Crippen molar-refractivity contribution < 1.29 is 22.5 Å². The highest BCUT2D eigenvalue weighted by Crippen LogP contribution is 2.28. The highest BCUT2D eigenvalue weighted by molar-refractivity contribution is 5.93. The van der Waals surface area contributed by atoms with Crippen LogP contribution in [0.1, 0.15) is 16.1 Å². The number of halogens is 3. The molecule has 0 aliphatic heterocycles. The summed E-state index contributed by atoms with van der Waals surface area (Å²) in [5, 5.41) is 0. The van der Waals surface area contributed by atoms with Gasteiger partial charge >= 0.3 is 6.18 Å². The Balaban J connectivity index is 2.20. The van der Waals surface area contributed by atoms with Crippen molar-refractivity contribution in [3.05, 3.63) is 60.2 Å². The van der Waals surface area contributed by atoms with Crippen LogP contribution in [0.3, 0.4) is 0 Å². The lowest BCUT2D eigenvalue weighted by Crippen LogP contribution is -2.37. The molecule has 0 bridgehead atoms. The largest absolute Gasteiger partial charge is 0.416 e. The maximum atomic E-state index is 12.5. The standard InChI is InChI=1S/C13H10F3N2O/c14-13(15,16)10-4-5-17-11(8-10)12(19)9-18-6-2-1-3-7-18/h1-8H,9H2/q+1. The summed E-state index contributed by atoms with van der Waals surface area (Å²) < 4.78 is 39.1. The summed E-state index contributed by atoms with van der Waals surface area (Å²) in [5.74, 6) is -0.470. The van der Waals surface area contributed by atoms with Crippen molar-refractivity contribution in [2.75, 3.05) is 0 Å². The van der Waals surface area contributed by atoms with E-state index in [2.05, 4.69) is 4.98 Å². The first kappa shape index (κ1) is 13.2. The van der Waals surface area contributed by atoms with Gasteiger partial charge in [-0.2, -0.15) is 17.7 Å². The molecule has 2 heterocycles. The predicted molar refractivity (Wildman–Crippen MR) is 60.2 cm³/mol. The molecule has 0 N–H and O–H groups in total. The maximum absolute atomic E-state index is 12.5. The normalized spacial score (nSPS) is 11.3. The molecular formula is C13H10F3N2O+. The van der Waals surface area contributed by atoms with Crippen molar-refractivity contribution in [1.29, 1.82) is 0 Å². The monoisotopic (exact) mass is 267 g/mol. The molecule has 2 aromatic heterocycles. The minimum atomic E-state index is -4.47. The summed E-state index contributed by atoms with van der Waals surface area (Å²) in [4.78, 5) is 15.5. The molecule has 0 aliphatic carbocycles. The van der Waals surface area contributed by atoms with Gasteiger partial charge in [-0.3, -0.25) is 9.78 Å². The molecule has 98 valence electrons. The van der Waals surface area contributed by atoms with Crippen LogP contribution in [0.2, 0.25) is 0 Å². The van der Waals surface area contributed by atoms with E-state index < -0.39 is 17.5 Å². The smallest absolute Gasteiger partial charge is 0.285 e. The van der Waals surface area contributed by atoms with E-state index in [-0.39, 0.29) is 12.2 Å². The summed E-state index contributed by atoms with van der Waals surface area (Å²) in [7, 11) is 0. The lowest BCUT2D eigenvalue weighted by Gasteiger charge is -2.06. The van der Waals surface area contributed by atoms with Crippen molar-refractivity contribution in [3.63, 3.8) is 0 Å². The van der Waals surface area contributed by atoms with Crippen LogP contribution in [0.25, 0.3) is 0 Å². The number of aromatic nitrogens is 2. The molecule has 6 heteroatoms. The molecule has 2 aromatic rings. The Morgan fingerprint density at radius 1 is 1.21 bits per heavy atom. The number of Topliss-reactive ketones (excluding diaryl/α,β-unsaturated/α-hetero) is 1. The van der Waals surface area contributed by atoms with E-state index in [9.17, 15) is 18.0 Å². The molecule has 0 spiro atoms. The predicted octanol–water partition coefficient (Wildman–Crippen LogP) is 2.27. The Bertz CT molecular complexity index is 582. The van der Waals surface area contributed by atoms with E-state index in [0.717, 1.165) is 18.3 Å². The Morgan fingerprint density at radius 2 is 1.89 bits per heavy atom. The zero-order valence-corrected chi connectivity index (χ0v) is 9.76. The Labute approximate surface area is 107 Å². The molecule has 0 fully saturated rings. The molecule has 0 aromatic carbocycles. The molecule has 0 radical (unpaired) electrons. The second kappa shape index (κ2) is 5.17. The minimum absolute atomic E-state index is 0.0465. The Kier molecular flexibility index (Phi) is 3.59. The number of alkyl halides is 3. The van der Waals surface area contributed by atoms with Crippen LogP contribution in [-0.2, 0) is 12.7 Å². The van der Waals surface area contributed by atoms with E-state index in [0.29, 0.717) is 0 Å². The van der Waals surface area contributed by atoms with Gasteiger partial charge in [-0.15, -0.1) is 0 Å². The first-order valence-electron chi connectivity index (χ1n) is 5.47. The third-order valence-electron chi connectivity index (χ3n) is 2.48. The molecule has 0 atom stereocenters. The zero-order chi connectivity index (χ0) is 13.9. The summed E-state index contributed by atoms with van der Waals surface area (Å²) in [6, 6.07) is 6.85. The molecule has 3 nitrogen and oxygen atoms in total. The number of hydrogen-bond donors (Lipinski definition) is 0. The lowest BCUT2D eigenvalue weighted by atomic mass is 10.1. The third-order valence-corrected chi connectivity index (χ3v) is 2.48. The van der Waals surface area contributed by atoms with Gasteiger partial charge in [0.2, 0.25) is 12.3 Å². The van der Waals surface area contributed by atoms with E-state index in [4.69, 9.17) is 0 Å². The number of hydrogen-bond acceptors (Lipinski definition) is 2. The number of carbonyl (C=O) groups excluding carboxylic acids is 1. The van der Waals surface area contributed by atoms with Crippen molar-refractivity contribution in [2.24, 2.45) is 0 Å². The van der Waals surface area contributed by atoms with Gasteiger partial charge in [-0.25, -0.2) is 0 Å². The molecule has 0 amide bonds. The first-order valence-corrected chi connectivity index (χ1v) is 5.47. The lowest BCUT2D eigenvalue weighted by molar-refractivity contribution is -0.683. The van der Waals surface area contributed by atoms with Gasteiger partial charge in [0, 0.05) is 18.3 Å². The molecule has 19 heavy (non-hydrogen) atoms. The third kappa shape index (κ3) is 3.37. The number of rotatable bonds is 3. The summed E-state index contributed by atoms with van der Waals surface area (Å²) in [6.07, 6.45) is -0.166. The molecular weight excluding hydrogens is 257 g/mol. The Hall–Kier alpha value is -2.24. The second-order valence-corrected chi connectivity index (χ2v) is 3.90.